The second kappa shape index (κ2) is 8.88. The summed E-state index contributed by atoms with van der Waals surface area (Å²) in [5.74, 6) is -1.63. The summed E-state index contributed by atoms with van der Waals surface area (Å²) in [5.41, 5.74) is -2.49. The normalized spacial score (nSPS) is 28.2. The van der Waals surface area contributed by atoms with Crippen molar-refractivity contribution in [2.45, 2.75) is 93.0 Å². The molecule has 0 aliphatic carbocycles. The van der Waals surface area contributed by atoms with Crippen molar-refractivity contribution in [1.29, 1.82) is 0 Å². The summed E-state index contributed by atoms with van der Waals surface area (Å²) in [6.07, 6.45) is -5.16. The lowest BCUT2D eigenvalue weighted by Gasteiger charge is -2.42. The summed E-state index contributed by atoms with van der Waals surface area (Å²) in [6, 6.07) is -0.902. The fourth-order valence-electron chi connectivity index (χ4n) is 2.82. The Morgan fingerprint density at radius 1 is 0.812 bits per heavy atom. The first-order valence-electron chi connectivity index (χ1n) is 10.6. The Morgan fingerprint density at radius 3 is 1.75 bits per heavy atom. The Hall–Kier alpha value is -2.36. The van der Waals surface area contributed by atoms with Gasteiger partial charge in [-0.15, -0.1) is 0 Å². The van der Waals surface area contributed by atoms with E-state index in [4.69, 9.17) is 23.7 Å². The fraction of sp³-hybridized carbons (Fsp3) is 0.818. The molecule has 2 aliphatic rings. The topological polar surface area (TPSA) is 126 Å². The van der Waals surface area contributed by atoms with Gasteiger partial charge in [0, 0.05) is 0 Å². The van der Waals surface area contributed by atoms with E-state index in [1.54, 1.807) is 62.3 Å². The van der Waals surface area contributed by atoms with Crippen molar-refractivity contribution in [3.8, 4) is 0 Å². The molecule has 2 aliphatic heterocycles. The van der Waals surface area contributed by atoms with E-state index in [1.807, 2.05) is 0 Å². The number of hydrogen-bond acceptors (Lipinski definition) is 9. The van der Waals surface area contributed by atoms with Crippen molar-refractivity contribution in [2.24, 2.45) is 16.2 Å². The third-order valence-electron chi connectivity index (χ3n) is 4.86. The number of carbonyl (C=O) groups excluding carboxylic acids is 4. The first-order valence-corrected chi connectivity index (χ1v) is 10.6. The van der Waals surface area contributed by atoms with Crippen LogP contribution in [0.5, 0.6) is 0 Å². The number of carbonyl (C=O) groups is 4. The molecule has 182 valence electrons. The highest BCUT2D eigenvalue weighted by Gasteiger charge is 2.56. The van der Waals surface area contributed by atoms with E-state index in [0.717, 1.165) is 0 Å². The zero-order chi connectivity index (χ0) is 24.6. The second-order valence-corrected chi connectivity index (χ2v) is 11.2. The monoisotopic (exact) mass is 457 g/mol. The number of fused-ring (bicyclic) bond motifs is 1. The highest BCUT2D eigenvalue weighted by Crippen LogP contribution is 2.33. The van der Waals surface area contributed by atoms with E-state index in [1.165, 1.54) is 0 Å². The molecule has 0 unspecified atom stereocenters. The van der Waals surface area contributed by atoms with Gasteiger partial charge in [0.15, 0.2) is 12.2 Å². The van der Waals surface area contributed by atoms with Crippen molar-refractivity contribution in [3.63, 3.8) is 0 Å². The quantitative estimate of drug-likeness (QED) is 0.500. The van der Waals surface area contributed by atoms with E-state index in [2.05, 4.69) is 5.32 Å². The minimum absolute atomic E-state index is 0.289. The van der Waals surface area contributed by atoms with E-state index in [0.29, 0.717) is 0 Å². The molecule has 32 heavy (non-hydrogen) atoms. The number of ether oxygens (including phenoxy) is 5. The zero-order valence-electron chi connectivity index (χ0n) is 20.3. The Morgan fingerprint density at radius 2 is 1.28 bits per heavy atom. The molecule has 0 radical (unpaired) electrons. The number of rotatable bonds is 4. The van der Waals surface area contributed by atoms with Gasteiger partial charge in [-0.1, -0.05) is 0 Å². The smallest absolute Gasteiger partial charge is 0.410 e. The molecule has 0 aromatic carbocycles. The van der Waals surface area contributed by atoms with Crippen LogP contribution in [0, 0.1) is 16.2 Å². The van der Waals surface area contributed by atoms with Crippen LogP contribution < -0.4 is 5.32 Å². The molecule has 2 saturated heterocycles. The van der Waals surface area contributed by atoms with Gasteiger partial charge in [-0.05, 0) is 62.3 Å². The molecule has 0 spiro atoms. The molecular formula is C22H35NO9. The molecule has 2 fully saturated rings. The summed E-state index contributed by atoms with van der Waals surface area (Å²) < 4.78 is 27.8. The SMILES string of the molecule is CC(C)(C)C(=O)OC[C@H]1O[C@@H]2OC(=O)N[C@@H]2[C@@H](OC(=O)C(C)(C)C)[C@@H]1OC(=O)C(C)(C)C. The summed E-state index contributed by atoms with van der Waals surface area (Å²) in [4.78, 5) is 49.6. The predicted molar refractivity (Wildman–Crippen MR) is 111 cm³/mol. The number of amides is 1. The van der Waals surface area contributed by atoms with Gasteiger partial charge in [-0.2, -0.15) is 0 Å². The average Bonchev–Trinajstić information content (AvgIpc) is 2.98. The maximum Gasteiger partial charge on any atom is 0.410 e. The molecule has 2 heterocycles. The summed E-state index contributed by atoms with van der Waals surface area (Å²) in [5, 5.41) is 2.55. The molecule has 1 N–H and O–H groups in total. The van der Waals surface area contributed by atoms with Crippen LogP contribution in [0.2, 0.25) is 0 Å². The van der Waals surface area contributed by atoms with Gasteiger partial charge in [0.1, 0.15) is 18.8 Å². The Bertz CT molecular complexity index is 757. The minimum atomic E-state index is -1.15. The largest absolute Gasteiger partial charge is 0.462 e. The highest BCUT2D eigenvalue weighted by molar-refractivity contribution is 5.77. The number of hydrogen-bond donors (Lipinski definition) is 1. The van der Waals surface area contributed by atoms with Crippen molar-refractivity contribution in [3.05, 3.63) is 0 Å². The maximum atomic E-state index is 12.7. The van der Waals surface area contributed by atoms with Gasteiger partial charge in [0.25, 0.3) is 0 Å². The fourth-order valence-corrected chi connectivity index (χ4v) is 2.82. The van der Waals surface area contributed by atoms with E-state index in [9.17, 15) is 19.2 Å². The Balaban J connectivity index is 2.38. The van der Waals surface area contributed by atoms with Crippen LogP contribution in [0.3, 0.4) is 0 Å². The van der Waals surface area contributed by atoms with E-state index < -0.39 is 70.9 Å². The minimum Gasteiger partial charge on any atom is -0.462 e. The van der Waals surface area contributed by atoms with Crippen LogP contribution in [-0.2, 0) is 38.1 Å². The van der Waals surface area contributed by atoms with Gasteiger partial charge in [-0.3, -0.25) is 14.4 Å². The molecule has 10 nitrogen and oxygen atoms in total. The number of alkyl carbamates (subject to hydrolysis) is 1. The van der Waals surface area contributed by atoms with E-state index >= 15 is 0 Å². The van der Waals surface area contributed by atoms with Gasteiger partial charge in [0.2, 0.25) is 6.29 Å². The summed E-state index contributed by atoms with van der Waals surface area (Å²) >= 11 is 0. The Kier molecular flexibility index (Phi) is 7.19. The molecular weight excluding hydrogens is 422 g/mol. The van der Waals surface area contributed by atoms with Crippen LogP contribution in [0.1, 0.15) is 62.3 Å². The van der Waals surface area contributed by atoms with Crippen LogP contribution >= 0.6 is 0 Å². The third kappa shape index (κ3) is 6.11. The van der Waals surface area contributed by atoms with Crippen molar-refractivity contribution >= 4 is 24.0 Å². The molecule has 0 aromatic heterocycles. The maximum absolute atomic E-state index is 12.7. The predicted octanol–water partition coefficient (Wildman–Crippen LogP) is 2.32. The first kappa shape index (κ1) is 25.9. The second-order valence-electron chi connectivity index (χ2n) is 11.2. The molecule has 5 atom stereocenters. The van der Waals surface area contributed by atoms with Crippen LogP contribution in [-0.4, -0.2) is 61.3 Å². The lowest BCUT2D eigenvalue weighted by Crippen LogP contribution is -2.63. The van der Waals surface area contributed by atoms with Crippen molar-refractivity contribution < 1.29 is 42.9 Å². The standard InChI is InChI=1S/C22H35NO9/c1-20(2,3)16(24)28-10-11-13(30-17(25)21(4,5)6)14(31-18(26)22(7,8)9)12-15(29-11)32-19(27)23-12/h11-15H,10H2,1-9H3,(H,23,27)/t11-,12-,13-,14-,15-/m1/s1. The third-order valence-corrected chi connectivity index (χ3v) is 4.86. The molecule has 0 saturated carbocycles. The van der Waals surface area contributed by atoms with Crippen LogP contribution in [0.25, 0.3) is 0 Å². The molecule has 2 rings (SSSR count). The van der Waals surface area contributed by atoms with Crippen molar-refractivity contribution in [1.82, 2.24) is 5.32 Å². The summed E-state index contributed by atoms with van der Waals surface area (Å²) in [7, 11) is 0. The lowest BCUT2D eigenvalue weighted by atomic mass is 9.93. The number of esters is 3. The summed E-state index contributed by atoms with van der Waals surface area (Å²) in [6.45, 7) is 14.8. The highest BCUT2D eigenvalue weighted by atomic mass is 16.7. The molecule has 0 aromatic rings. The van der Waals surface area contributed by atoms with Crippen LogP contribution in [0.15, 0.2) is 0 Å². The molecule has 10 heteroatoms. The Labute approximate surface area is 188 Å². The van der Waals surface area contributed by atoms with Crippen LogP contribution in [0.4, 0.5) is 4.79 Å². The van der Waals surface area contributed by atoms with Gasteiger partial charge in [0.05, 0.1) is 16.2 Å². The van der Waals surface area contributed by atoms with Crippen molar-refractivity contribution in [2.75, 3.05) is 6.61 Å². The zero-order valence-corrected chi connectivity index (χ0v) is 20.3. The lowest BCUT2D eigenvalue weighted by molar-refractivity contribution is -0.254. The first-order chi connectivity index (χ1) is 14.4. The van der Waals surface area contributed by atoms with E-state index in [-0.39, 0.29) is 6.61 Å². The molecule has 0 bridgehead atoms. The van der Waals surface area contributed by atoms with Gasteiger partial charge in [-0.25, -0.2) is 4.79 Å². The van der Waals surface area contributed by atoms with Gasteiger partial charge >= 0.3 is 24.0 Å². The van der Waals surface area contributed by atoms with Gasteiger partial charge < -0.3 is 29.0 Å². The average molecular weight is 458 g/mol. The number of nitrogens with one attached hydrogen (secondary N) is 1. The molecule has 1 amide bonds.